The van der Waals surface area contributed by atoms with Crippen LogP contribution in [0.4, 0.5) is 19.2 Å². The predicted octanol–water partition coefficient (Wildman–Crippen LogP) is 7.05. The summed E-state index contributed by atoms with van der Waals surface area (Å²) in [4.78, 5) is 118. The molecule has 8 rings (SSSR count). The molecule has 2 N–H and O–H groups in total. The van der Waals surface area contributed by atoms with Crippen molar-refractivity contribution in [3.8, 4) is 0 Å². The van der Waals surface area contributed by atoms with Gasteiger partial charge in [0.15, 0.2) is 53.7 Å². The number of hydrogen-bond acceptors (Lipinski definition) is 27. The smallest absolute Gasteiger partial charge is 0.461 e. The molecule has 530 valence electrons. The quantitative estimate of drug-likeness (QED) is 0.0525. The maximum absolute atomic E-state index is 15.8. The molecule has 95 heavy (non-hydrogen) atoms. The molecule has 3 aromatic heterocycles. The van der Waals surface area contributed by atoms with Crippen LogP contribution in [-0.4, -0.2) is 207 Å². The minimum atomic E-state index is -1.94. The number of aromatic nitrogens is 6. The Kier molecular flexibility index (Phi) is 24.2. The molecule has 0 amide bonds. The van der Waals surface area contributed by atoms with E-state index < -0.39 is 192 Å². The third-order valence-electron chi connectivity index (χ3n) is 19.8. The summed E-state index contributed by atoms with van der Waals surface area (Å²) in [5, 5.41) is 11.1. The number of aliphatic hydroxyl groups is 1. The number of fused-ring (bicyclic) bond motifs is 1. The molecule has 0 aromatic carbocycles. The summed E-state index contributed by atoms with van der Waals surface area (Å²) in [6.45, 7) is 25.7. The lowest BCUT2D eigenvalue weighted by molar-refractivity contribution is -0.358. The van der Waals surface area contributed by atoms with Gasteiger partial charge in [0.2, 0.25) is 0 Å². The second kappa shape index (κ2) is 30.9. The first kappa shape index (κ1) is 74.3. The Labute approximate surface area is 553 Å². The van der Waals surface area contributed by atoms with Crippen molar-refractivity contribution in [2.24, 2.45) is 52.8 Å². The Hall–Kier alpha value is -6.48. The van der Waals surface area contributed by atoms with Gasteiger partial charge in [-0.15, -0.1) is 0 Å². The molecular weight excluding hydrogens is 1250 g/mol. The Morgan fingerprint density at radius 2 is 1.33 bits per heavy atom. The molecule has 0 bridgehead atoms. The van der Waals surface area contributed by atoms with E-state index in [1.54, 1.807) is 55.4 Å². The fourth-order valence-corrected chi connectivity index (χ4v) is 14.0. The van der Waals surface area contributed by atoms with Crippen molar-refractivity contribution in [1.82, 2.24) is 34.1 Å². The summed E-state index contributed by atoms with van der Waals surface area (Å²) in [5.41, 5.74) is -1.33. The average Bonchev–Trinajstić information content (AvgIpc) is 1.71. The molecule has 23 atom stereocenters. The highest BCUT2D eigenvalue weighted by molar-refractivity contribution is 5.92. The number of carbonyl (C=O) groups is 7. The number of carbonyl (C=O) groups excluding carboxylic acids is 7. The second-order valence-corrected chi connectivity index (χ2v) is 27.8. The fourth-order valence-electron chi connectivity index (χ4n) is 14.0. The lowest BCUT2D eigenvalue weighted by atomic mass is 9.63. The van der Waals surface area contributed by atoms with Crippen molar-refractivity contribution >= 4 is 42.2 Å². The van der Waals surface area contributed by atoms with Crippen molar-refractivity contribution in [2.75, 3.05) is 34.0 Å². The van der Waals surface area contributed by atoms with Gasteiger partial charge in [0.25, 0.3) is 0 Å². The van der Waals surface area contributed by atoms with E-state index in [0.29, 0.717) is 6.42 Å². The van der Waals surface area contributed by atoms with Gasteiger partial charge in [-0.2, -0.15) is 0 Å². The largest absolute Gasteiger partial charge is 0.509 e. The zero-order chi connectivity index (χ0) is 69.6. The normalized spacial score (nSPS) is 37.3. The molecular formula is C65H97N7O23. The second-order valence-electron chi connectivity index (χ2n) is 27.8. The van der Waals surface area contributed by atoms with Gasteiger partial charge in [0, 0.05) is 88.5 Å². The number of rotatable bonds is 19. The molecule has 30 heteroatoms. The fraction of sp³-hybridized carbons (Fsp3) is 0.754. The topological polar surface area (TPSA) is 344 Å². The molecule has 0 spiro atoms. The first-order chi connectivity index (χ1) is 44.7. The van der Waals surface area contributed by atoms with Crippen LogP contribution in [0.1, 0.15) is 130 Å². The number of ether oxygens (including phenoxy) is 14. The van der Waals surface area contributed by atoms with Crippen LogP contribution in [0, 0.1) is 52.8 Å². The molecule has 5 aliphatic heterocycles. The third kappa shape index (κ3) is 16.9. The first-order valence-corrected chi connectivity index (χ1v) is 32.5. The molecule has 0 aliphatic carbocycles. The van der Waals surface area contributed by atoms with Gasteiger partial charge in [-0.05, 0) is 77.6 Å². The van der Waals surface area contributed by atoms with Gasteiger partial charge >= 0.3 is 36.4 Å². The number of cyclic esters (lactones) is 1. The summed E-state index contributed by atoms with van der Waals surface area (Å²) < 4.78 is 91.1. The van der Waals surface area contributed by atoms with Gasteiger partial charge < -0.3 is 71.4 Å². The number of ketones is 1. The lowest BCUT2D eigenvalue weighted by Crippen LogP contribution is -2.63. The molecule has 0 saturated carbocycles. The Balaban J connectivity index is 1.18. The Bertz CT molecular complexity index is 3060. The summed E-state index contributed by atoms with van der Waals surface area (Å²) >= 11 is 0. The monoisotopic (exact) mass is 1340 g/mol. The number of nitrogens with zero attached hydrogens (tertiary/aromatic N) is 6. The number of hydroxylamine groups is 1. The Morgan fingerprint density at radius 3 is 1.91 bits per heavy atom. The minimum absolute atomic E-state index is 0.00592. The van der Waals surface area contributed by atoms with E-state index in [-0.39, 0.29) is 38.3 Å². The summed E-state index contributed by atoms with van der Waals surface area (Å²) in [6, 6.07) is 0. The number of imidazole rings is 3. The standard InChI is InChI=1S/C65H97N7O23/c1-34(2)24-45(73)87-47-38(6)46(35(3)28-83-57-52(82-17)51(81-16)49(42(10)86-57)89-58(77)70-21-18-66-31-70)88-55(75)40(8)48(41(9)62(12,13)36(4)26-63(14,53(74)39(47)7)94-60(79)72-23-20-68-33-72)93-65(29-64(15)54(43(11)92-65)91-61(80)95-64)30-84-69-27-44-25-37(5)85-56(76)50(44)90-59(78)71-22-19-67-32-71/h18-23,31-44,46-52,54,56-57,69,76H,24-30H2,1-17H3/t35-,36+,37+,38?,39+,40+,41+,42+,43-,44?,46-,47?,48-,49+,50?,51-,52-,54-,56+,57+,63?,64+,65+/m0/s1. The number of aliphatic hydroxyl groups excluding tert-OH is 1. The van der Waals surface area contributed by atoms with Crippen LogP contribution < -0.4 is 5.48 Å². The number of nitrogens with one attached hydrogen (secondary N) is 1. The number of methoxy groups -OCH3 is 2. The van der Waals surface area contributed by atoms with Crippen molar-refractivity contribution in [3.05, 3.63) is 56.2 Å². The first-order valence-electron chi connectivity index (χ1n) is 32.5. The van der Waals surface area contributed by atoms with Gasteiger partial charge in [-0.25, -0.2) is 53.3 Å². The van der Waals surface area contributed by atoms with Crippen LogP contribution >= 0.6 is 0 Å². The highest BCUT2D eigenvalue weighted by Crippen LogP contribution is 2.50. The summed E-state index contributed by atoms with van der Waals surface area (Å²) in [7, 11) is 2.85. The summed E-state index contributed by atoms with van der Waals surface area (Å²) in [5.74, 6) is -10.2. The van der Waals surface area contributed by atoms with E-state index in [1.807, 2.05) is 41.5 Å². The van der Waals surface area contributed by atoms with E-state index in [9.17, 15) is 29.1 Å². The highest BCUT2D eigenvalue weighted by Gasteiger charge is 2.63. The van der Waals surface area contributed by atoms with Crippen LogP contribution in [-0.2, 0) is 85.5 Å². The van der Waals surface area contributed by atoms with Crippen molar-refractivity contribution < 1.29 is 110 Å². The maximum atomic E-state index is 15.8. The molecule has 5 aliphatic rings. The average molecular weight is 1340 g/mol. The number of Topliss-reactive ketones (excluding diaryl/α,β-unsaturated/α-hetero) is 1. The van der Waals surface area contributed by atoms with Gasteiger partial charge in [0.05, 0.1) is 42.9 Å². The molecule has 5 saturated heterocycles. The Morgan fingerprint density at radius 1 is 0.726 bits per heavy atom. The van der Waals surface area contributed by atoms with Crippen molar-refractivity contribution in [1.29, 1.82) is 0 Å². The predicted molar refractivity (Wildman–Crippen MR) is 329 cm³/mol. The maximum Gasteiger partial charge on any atom is 0.509 e. The van der Waals surface area contributed by atoms with Crippen LogP contribution in [0.15, 0.2) is 56.2 Å². The van der Waals surface area contributed by atoms with Gasteiger partial charge in [0.1, 0.15) is 50.0 Å². The van der Waals surface area contributed by atoms with Crippen LogP contribution in [0.3, 0.4) is 0 Å². The summed E-state index contributed by atoms with van der Waals surface area (Å²) in [6.07, 6.45) is -4.79. The lowest BCUT2D eigenvalue weighted by Gasteiger charge is -2.51. The van der Waals surface area contributed by atoms with E-state index in [1.165, 1.54) is 77.3 Å². The van der Waals surface area contributed by atoms with E-state index in [0.717, 1.165) is 13.7 Å². The van der Waals surface area contributed by atoms with Crippen LogP contribution in [0.5, 0.6) is 0 Å². The minimum Gasteiger partial charge on any atom is -0.461 e. The van der Waals surface area contributed by atoms with Crippen LogP contribution in [0.2, 0.25) is 0 Å². The zero-order valence-electron chi connectivity index (χ0n) is 57.4. The molecule has 8 heterocycles. The zero-order valence-corrected chi connectivity index (χ0v) is 57.4. The van der Waals surface area contributed by atoms with E-state index in [4.69, 9.17) is 71.2 Å². The van der Waals surface area contributed by atoms with Gasteiger partial charge in [-0.3, -0.25) is 19.2 Å². The molecule has 3 aromatic rings. The molecule has 0 radical (unpaired) electrons. The van der Waals surface area contributed by atoms with E-state index in [2.05, 4.69) is 20.4 Å². The van der Waals surface area contributed by atoms with Crippen LogP contribution in [0.25, 0.3) is 0 Å². The van der Waals surface area contributed by atoms with Crippen molar-refractivity contribution in [3.63, 3.8) is 0 Å². The molecule has 30 nitrogen and oxygen atoms in total. The molecule has 5 unspecified atom stereocenters. The number of esters is 2. The van der Waals surface area contributed by atoms with Gasteiger partial charge in [-0.1, -0.05) is 62.3 Å². The highest BCUT2D eigenvalue weighted by atomic mass is 16.8. The molecule has 5 fully saturated rings. The SMILES string of the molecule is CO[C@@H]1[C@H](OC)[C@H](OC[C@H](C)[C@@H]2OC(=O)[C@H](C)[C@H](O[C@@]3(CONCC4C[C@@H](C)O[C@@H](O)C4OC(=O)n4ccnc4)C[C@@]4(C)OC(=O)O[C@H]4[C@H](C)O3)[C@@H](C)C(C)(C)[C@H](C)CC(C)(OC(=O)n3ccnc3)C(=O)[C@H](C)C(OC(=O)CC(C)C)C2C)O[C@H](C)[C@H]1OC(=O)n1ccnc1. The van der Waals surface area contributed by atoms with E-state index >= 15 is 9.59 Å². The van der Waals surface area contributed by atoms with Crippen molar-refractivity contribution in [2.45, 2.75) is 226 Å². The third-order valence-corrected chi connectivity index (χ3v) is 19.8. The number of hydrogen-bond donors (Lipinski definition) is 2.